The molecule has 0 aromatic heterocycles. The van der Waals surface area contributed by atoms with Crippen LogP contribution in [-0.2, 0) is 0 Å². The van der Waals surface area contributed by atoms with Gasteiger partial charge in [-0.3, -0.25) is 0 Å². The number of methoxy groups -OCH3 is 2. The van der Waals surface area contributed by atoms with E-state index in [4.69, 9.17) is 9.47 Å². The van der Waals surface area contributed by atoms with Gasteiger partial charge >= 0.3 is 0 Å². The van der Waals surface area contributed by atoms with Gasteiger partial charge in [-0.05, 0) is 37.1 Å². The van der Waals surface area contributed by atoms with Crippen molar-refractivity contribution in [3.8, 4) is 11.5 Å². The number of hydrogen-bond acceptors (Lipinski definition) is 2. The molecule has 2 nitrogen and oxygen atoms in total. The summed E-state index contributed by atoms with van der Waals surface area (Å²) in [6, 6.07) is 12.3. The average Bonchev–Trinajstić information content (AvgIpc) is 2.45. The number of aryl methyl sites for hydroxylation is 2. The Labute approximate surface area is 128 Å². The molecule has 2 rings (SSSR count). The van der Waals surface area contributed by atoms with Crippen LogP contribution in [0.5, 0.6) is 11.5 Å². The van der Waals surface area contributed by atoms with Crippen molar-refractivity contribution in [3.63, 3.8) is 0 Å². The molecule has 0 amide bonds. The third-order valence-electron chi connectivity index (χ3n) is 3.42. The summed E-state index contributed by atoms with van der Waals surface area (Å²) in [5.74, 6) is 1.65. The molecule has 0 N–H and O–H groups in total. The van der Waals surface area contributed by atoms with Crippen molar-refractivity contribution in [3.05, 3.63) is 58.7 Å². The molecule has 20 heavy (non-hydrogen) atoms. The molecular weight excluding hydrogens is 316 g/mol. The molecule has 1 atom stereocenters. The Hall–Kier alpha value is -1.48. The first kappa shape index (κ1) is 14.9. The summed E-state index contributed by atoms with van der Waals surface area (Å²) in [6.45, 7) is 4.22. The third-order valence-corrected chi connectivity index (χ3v) is 4.37. The van der Waals surface area contributed by atoms with Crippen LogP contribution < -0.4 is 9.47 Å². The van der Waals surface area contributed by atoms with Gasteiger partial charge in [-0.25, -0.2) is 0 Å². The molecule has 0 aliphatic heterocycles. The largest absolute Gasteiger partial charge is 0.496 e. The summed E-state index contributed by atoms with van der Waals surface area (Å²) in [4.78, 5) is 0.0363. The molecule has 0 heterocycles. The molecule has 0 saturated carbocycles. The predicted molar refractivity (Wildman–Crippen MR) is 86.2 cm³/mol. The van der Waals surface area contributed by atoms with Crippen molar-refractivity contribution in [2.24, 2.45) is 0 Å². The quantitative estimate of drug-likeness (QED) is 0.747. The van der Waals surface area contributed by atoms with E-state index in [2.05, 4.69) is 48.0 Å². The second-order valence-electron chi connectivity index (χ2n) is 4.80. The molecule has 0 fully saturated rings. The average molecular weight is 335 g/mol. The van der Waals surface area contributed by atoms with E-state index in [1.54, 1.807) is 14.2 Å². The monoisotopic (exact) mass is 334 g/mol. The Bertz CT molecular complexity index is 586. The summed E-state index contributed by atoms with van der Waals surface area (Å²) in [7, 11) is 3.36. The first-order valence-electron chi connectivity index (χ1n) is 6.50. The highest BCUT2D eigenvalue weighted by molar-refractivity contribution is 9.09. The van der Waals surface area contributed by atoms with E-state index in [9.17, 15) is 0 Å². The summed E-state index contributed by atoms with van der Waals surface area (Å²) in [5, 5.41) is 0. The van der Waals surface area contributed by atoms with Crippen LogP contribution in [-0.4, -0.2) is 14.2 Å². The molecule has 3 heteroatoms. The van der Waals surface area contributed by atoms with Crippen molar-refractivity contribution < 1.29 is 9.47 Å². The van der Waals surface area contributed by atoms with Crippen LogP contribution in [0.15, 0.2) is 36.4 Å². The molecule has 0 spiro atoms. The number of halogens is 1. The highest BCUT2D eigenvalue weighted by atomic mass is 79.9. The third kappa shape index (κ3) is 2.83. The van der Waals surface area contributed by atoms with Crippen molar-refractivity contribution in [2.45, 2.75) is 18.7 Å². The van der Waals surface area contributed by atoms with E-state index >= 15 is 0 Å². The van der Waals surface area contributed by atoms with E-state index in [1.165, 1.54) is 16.7 Å². The van der Waals surface area contributed by atoms with E-state index in [1.807, 2.05) is 18.2 Å². The highest BCUT2D eigenvalue weighted by Crippen LogP contribution is 2.43. The van der Waals surface area contributed by atoms with E-state index in [-0.39, 0.29) is 4.83 Å². The van der Waals surface area contributed by atoms with Gasteiger partial charge in [-0.1, -0.05) is 45.8 Å². The predicted octanol–water partition coefficient (Wildman–Crippen LogP) is 4.80. The Morgan fingerprint density at radius 1 is 0.950 bits per heavy atom. The molecule has 0 saturated heterocycles. The minimum absolute atomic E-state index is 0.0363. The first-order chi connectivity index (χ1) is 9.58. The van der Waals surface area contributed by atoms with Crippen LogP contribution >= 0.6 is 15.9 Å². The van der Waals surface area contributed by atoms with Gasteiger partial charge in [0, 0.05) is 0 Å². The fourth-order valence-corrected chi connectivity index (χ4v) is 3.36. The number of benzene rings is 2. The van der Waals surface area contributed by atoms with Gasteiger partial charge < -0.3 is 9.47 Å². The first-order valence-corrected chi connectivity index (χ1v) is 7.42. The van der Waals surface area contributed by atoms with Crippen molar-refractivity contribution in [2.75, 3.05) is 14.2 Å². The number of hydrogen-bond donors (Lipinski definition) is 0. The topological polar surface area (TPSA) is 18.5 Å². The van der Waals surface area contributed by atoms with E-state index in [0.717, 1.165) is 17.1 Å². The van der Waals surface area contributed by atoms with Gasteiger partial charge in [0.2, 0.25) is 0 Å². The minimum Gasteiger partial charge on any atom is -0.496 e. The maximum atomic E-state index is 5.48. The van der Waals surface area contributed by atoms with Crippen LogP contribution in [0.4, 0.5) is 0 Å². The molecule has 0 aliphatic carbocycles. The van der Waals surface area contributed by atoms with Crippen molar-refractivity contribution in [1.29, 1.82) is 0 Å². The maximum absolute atomic E-state index is 5.48. The lowest BCUT2D eigenvalue weighted by Gasteiger charge is -2.19. The van der Waals surface area contributed by atoms with Crippen LogP contribution in [0, 0.1) is 13.8 Å². The van der Waals surface area contributed by atoms with Gasteiger partial charge in [0.25, 0.3) is 0 Å². The van der Waals surface area contributed by atoms with E-state index in [0.29, 0.717) is 0 Å². The Balaban J connectivity index is 2.55. The number of ether oxygens (including phenoxy) is 2. The summed E-state index contributed by atoms with van der Waals surface area (Å²) < 4.78 is 11.0. The SMILES string of the molecule is COc1cccc(OC)c1C(Br)c1ccc(C)cc1C. The smallest absolute Gasteiger partial charge is 0.127 e. The number of alkyl halides is 1. The Morgan fingerprint density at radius 2 is 1.55 bits per heavy atom. The van der Waals surface area contributed by atoms with Crippen molar-refractivity contribution >= 4 is 15.9 Å². The second-order valence-corrected chi connectivity index (χ2v) is 5.71. The van der Waals surface area contributed by atoms with E-state index < -0.39 is 0 Å². The molecule has 0 aliphatic rings. The van der Waals surface area contributed by atoms with Crippen LogP contribution in [0.1, 0.15) is 27.1 Å². The Kier molecular flexibility index (Phi) is 4.71. The lowest BCUT2D eigenvalue weighted by Crippen LogP contribution is -2.02. The van der Waals surface area contributed by atoms with Gasteiger partial charge in [0.1, 0.15) is 11.5 Å². The highest BCUT2D eigenvalue weighted by Gasteiger charge is 2.21. The zero-order valence-corrected chi connectivity index (χ0v) is 13.8. The van der Waals surface area contributed by atoms with Gasteiger partial charge in [0.15, 0.2) is 0 Å². The molecule has 2 aromatic rings. The van der Waals surface area contributed by atoms with Gasteiger partial charge in [-0.2, -0.15) is 0 Å². The second kappa shape index (κ2) is 6.31. The fourth-order valence-electron chi connectivity index (χ4n) is 2.40. The molecule has 106 valence electrons. The molecule has 1 unspecified atom stereocenters. The molecule has 2 aromatic carbocycles. The maximum Gasteiger partial charge on any atom is 0.127 e. The zero-order chi connectivity index (χ0) is 14.7. The lowest BCUT2D eigenvalue weighted by atomic mass is 9.97. The normalized spacial score (nSPS) is 12.1. The Morgan fingerprint density at radius 3 is 2.05 bits per heavy atom. The fraction of sp³-hybridized carbons (Fsp3) is 0.294. The van der Waals surface area contributed by atoms with Crippen LogP contribution in [0.2, 0.25) is 0 Å². The minimum atomic E-state index is 0.0363. The van der Waals surface area contributed by atoms with Gasteiger partial charge in [0.05, 0.1) is 24.6 Å². The summed E-state index contributed by atoms with van der Waals surface area (Å²) in [6.07, 6.45) is 0. The lowest BCUT2D eigenvalue weighted by molar-refractivity contribution is 0.386. The van der Waals surface area contributed by atoms with Gasteiger partial charge in [-0.15, -0.1) is 0 Å². The van der Waals surface area contributed by atoms with Crippen LogP contribution in [0.3, 0.4) is 0 Å². The molecule has 0 bridgehead atoms. The van der Waals surface area contributed by atoms with Crippen LogP contribution in [0.25, 0.3) is 0 Å². The molecule has 0 radical (unpaired) electrons. The number of rotatable bonds is 4. The molecular formula is C17H19BrO2. The van der Waals surface area contributed by atoms with Crippen molar-refractivity contribution in [1.82, 2.24) is 0 Å². The summed E-state index contributed by atoms with van der Waals surface area (Å²) >= 11 is 3.79. The summed E-state index contributed by atoms with van der Waals surface area (Å²) in [5.41, 5.74) is 4.75. The standard InChI is InChI=1S/C17H19BrO2/c1-11-8-9-13(12(2)10-11)17(18)16-14(19-3)6-5-7-15(16)20-4/h5-10,17H,1-4H3. The zero-order valence-electron chi connectivity index (χ0n) is 12.2.